The zero-order chi connectivity index (χ0) is 14.5. The number of ketones is 1. The van der Waals surface area contributed by atoms with E-state index in [1.807, 2.05) is 25.9 Å². The minimum Gasteiger partial charge on any atom is -0.493 e. The number of nitrogens with zero attached hydrogens (tertiary/aromatic N) is 3. The Morgan fingerprint density at radius 1 is 1.55 bits per heavy atom. The summed E-state index contributed by atoms with van der Waals surface area (Å²) in [6.45, 7) is 1.54. The number of Topliss-reactive ketones (excluding diaryl/α,β-unsaturated/α-hetero) is 1. The molecule has 20 heavy (non-hydrogen) atoms. The summed E-state index contributed by atoms with van der Waals surface area (Å²) in [7, 11) is 5.61. The van der Waals surface area contributed by atoms with Gasteiger partial charge < -0.3 is 9.64 Å². The van der Waals surface area contributed by atoms with Crippen LogP contribution in [0.5, 0.6) is 5.75 Å². The summed E-state index contributed by atoms with van der Waals surface area (Å²) in [6, 6.07) is 0. The second-order valence-corrected chi connectivity index (χ2v) is 7.35. The van der Waals surface area contributed by atoms with Gasteiger partial charge in [0.15, 0.2) is 11.5 Å². The average molecular weight is 315 g/mol. The maximum Gasteiger partial charge on any atom is 0.198 e. The monoisotopic (exact) mass is 315 g/mol. The van der Waals surface area contributed by atoms with Gasteiger partial charge in [0.25, 0.3) is 0 Å². The Bertz CT molecular complexity index is 456. The Morgan fingerprint density at radius 3 is 2.95 bits per heavy atom. The molecule has 112 valence electrons. The predicted molar refractivity (Wildman–Crippen MR) is 85.2 cm³/mol. The maximum absolute atomic E-state index is 12.7. The molecule has 1 aromatic heterocycles. The van der Waals surface area contributed by atoms with Crippen LogP contribution in [0.4, 0.5) is 0 Å². The highest BCUT2D eigenvalue weighted by Gasteiger charge is 2.29. The van der Waals surface area contributed by atoms with Crippen LogP contribution in [-0.4, -0.2) is 70.7 Å². The Kier molecular flexibility index (Phi) is 5.80. The average Bonchev–Trinajstić information content (AvgIpc) is 2.88. The number of aromatic nitrogens is 2. The second-order valence-electron chi connectivity index (χ2n) is 4.89. The van der Waals surface area contributed by atoms with Crippen LogP contribution in [0, 0.1) is 0 Å². The molecule has 2 heterocycles. The molecule has 1 fully saturated rings. The van der Waals surface area contributed by atoms with Crippen LogP contribution >= 0.6 is 23.5 Å². The molecule has 0 spiro atoms. The summed E-state index contributed by atoms with van der Waals surface area (Å²) in [5.41, 5.74) is 0.620. The molecule has 2 rings (SSSR count). The van der Waals surface area contributed by atoms with Gasteiger partial charge in [-0.1, -0.05) is 0 Å². The Hall–Kier alpha value is -0.660. The normalized spacial score (nSPS) is 19.3. The summed E-state index contributed by atoms with van der Waals surface area (Å²) >= 11 is 3.59. The van der Waals surface area contributed by atoms with Crippen molar-refractivity contribution < 1.29 is 9.53 Å². The summed E-state index contributed by atoms with van der Waals surface area (Å²) in [5, 5.41) is 4.33. The largest absolute Gasteiger partial charge is 0.493 e. The highest BCUT2D eigenvalue weighted by Crippen LogP contribution is 2.29. The van der Waals surface area contributed by atoms with Gasteiger partial charge in [-0.3, -0.25) is 9.48 Å². The lowest BCUT2D eigenvalue weighted by molar-refractivity contribution is 0.0981. The van der Waals surface area contributed by atoms with Crippen molar-refractivity contribution in [3.05, 3.63) is 11.9 Å². The number of hydrogen-bond donors (Lipinski definition) is 0. The number of ether oxygens (including phenoxy) is 1. The van der Waals surface area contributed by atoms with Crippen molar-refractivity contribution in [2.75, 3.05) is 45.0 Å². The minimum atomic E-state index is 0.0254. The lowest BCUT2D eigenvalue weighted by Gasteiger charge is -2.20. The van der Waals surface area contributed by atoms with E-state index in [9.17, 15) is 4.79 Å². The molecule has 0 radical (unpaired) electrons. The molecule has 0 aromatic carbocycles. The first-order valence-electron chi connectivity index (χ1n) is 6.61. The van der Waals surface area contributed by atoms with Crippen LogP contribution in [0.3, 0.4) is 0 Å². The molecule has 1 saturated heterocycles. The summed E-state index contributed by atoms with van der Waals surface area (Å²) in [5.74, 6) is 3.78. The second kappa shape index (κ2) is 7.38. The number of hydrogen-bond acceptors (Lipinski definition) is 6. The van der Waals surface area contributed by atoms with Gasteiger partial charge in [0, 0.05) is 23.8 Å². The van der Waals surface area contributed by atoms with E-state index in [-0.39, 0.29) is 11.0 Å². The first kappa shape index (κ1) is 15.7. The van der Waals surface area contributed by atoms with Crippen molar-refractivity contribution >= 4 is 29.3 Å². The van der Waals surface area contributed by atoms with Crippen molar-refractivity contribution in [1.82, 2.24) is 14.7 Å². The number of carbonyl (C=O) groups excluding carboxylic acids is 1. The van der Waals surface area contributed by atoms with Crippen LogP contribution < -0.4 is 4.74 Å². The van der Waals surface area contributed by atoms with Crippen molar-refractivity contribution in [3.8, 4) is 5.75 Å². The van der Waals surface area contributed by atoms with Gasteiger partial charge in [0.05, 0.1) is 25.1 Å². The van der Waals surface area contributed by atoms with E-state index in [0.29, 0.717) is 18.0 Å². The molecule has 0 saturated carbocycles. The highest BCUT2D eigenvalue weighted by molar-refractivity contribution is 8.07. The van der Waals surface area contributed by atoms with Crippen molar-refractivity contribution in [2.45, 2.75) is 11.8 Å². The molecule has 1 atom stereocenters. The van der Waals surface area contributed by atoms with Gasteiger partial charge >= 0.3 is 0 Å². The number of thioether (sulfide) groups is 2. The Morgan fingerprint density at radius 2 is 2.35 bits per heavy atom. The van der Waals surface area contributed by atoms with E-state index in [2.05, 4.69) is 10.00 Å². The van der Waals surface area contributed by atoms with Crippen molar-refractivity contribution in [1.29, 1.82) is 0 Å². The molecule has 0 aliphatic carbocycles. The molecule has 1 aliphatic rings. The van der Waals surface area contributed by atoms with Crippen LogP contribution in [0.2, 0.25) is 0 Å². The van der Waals surface area contributed by atoms with Crippen molar-refractivity contribution in [3.63, 3.8) is 0 Å². The van der Waals surface area contributed by atoms with E-state index in [1.165, 1.54) is 0 Å². The first-order valence-corrected chi connectivity index (χ1v) is 8.82. The molecular formula is C13H21N3O2S2. The van der Waals surface area contributed by atoms with Gasteiger partial charge in [-0.05, 0) is 14.1 Å². The minimum absolute atomic E-state index is 0.0254. The SMILES string of the molecule is COc1cnn(CCN(C)C)c1C(=O)C1CSCCS1. The smallest absolute Gasteiger partial charge is 0.198 e. The molecular weight excluding hydrogens is 294 g/mol. The van der Waals surface area contributed by atoms with Crippen LogP contribution in [0.25, 0.3) is 0 Å². The molecule has 0 amide bonds. The van der Waals surface area contributed by atoms with E-state index >= 15 is 0 Å². The molecule has 1 unspecified atom stereocenters. The van der Waals surface area contributed by atoms with Gasteiger partial charge in [-0.25, -0.2) is 0 Å². The zero-order valence-electron chi connectivity index (χ0n) is 12.2. The number of methoxy groups -OCH3 is 1. The number of rotatable bonds is 6. The third kappa shape index (κ3) is 3.71. The molecule has 0 N–H and O–H groups in total. The standard InChI is InChI=1S/C13H21N3O2S2/c1-15(2)4-5-16-12(10(18-3)8-14-16)13(17)11-9-19-6-7-20-11/h8,11H,4-7,9H2,1-3H3. The summed E-state index contributed by atoms with van der Waals surface area (Å²) in [6.07, 6.45) is 1.64. The third-order valence-electron chi connectivity index (χ3n) is 3.13. The van der Waals surface area contributed by atoms with E-state index in [0.717, 1.165) is 23.8 Å². The quantitative estimate of drug-likeness (QED) is 0.741. The third-order valence-corrected chi connectivity index (χ3v) is 5.88. The fourth-order valence-electron chi connectivity index (χ4n) is 2.02. The van der Waals surface area contributed by atoms with Crippen LogP contribution in [-0.2, 0) is 6.54 Å². The lowest BCUT2D eigenvalue weighted by atomic mass is 10.2. The van der Waals surface area contributed by atoms with Crippen LogP contribution in [0.1, 0.15) is 10.5 Å². The topological polar surface area (TPSA) is 47.4 Å². The van der Waals surface area contributed by atoms with Crippen molar-refractivity contribution in [2.24, 2.45) is 0 Å². The molecule has 1 aliphatic heterocycles. The number of likely N-dealkylation sites (N-methyl/N-ethyl adjacent to an activating group) is 1. The van der Waals surface area contributed by atoms with Gasteiger partial charge in [-0.15, -0.1) is 11.8 Å². The predicted octanol–water partition coefficient (Wildman–Crippen LogP) is 1.48. The molecule has 7 heteroatoms. The summed E-state index contributed by atoms with van der Waals surface area (Å²) < 4.78 is 7.09. The fourth-order valence-corrected chi connectivity index (χ4v) is 4.63. The molecule has 0 bridgehead atoms. The van der Waals surface area contributed by atoms with Gasteiger partial charge in [-0.2, -0.15) is 16.9 Å². The van der Waals surface area contributed by atoms with E-state index in [4.69, 9.17) is 4.74 Å². The fraction of sp³-hybridized carbons (Fsp3) is 0.692. The maximum atomic E-state index is 12.7. The van der Waals surface area contributed by atoms with E-state index < -0.39 is 0 Å². The van der Waals surface area contributed by atoms with Gasteiger partial charge in [0.2, 0.25) is 0 Å². The zero-order valence-corrected chi connectivity index (χ0v) is 13.8. The van der Waals surface area contributed by atoms with E-state index in [1.54, 1.807) is 29.8 Å². The van der Waals surface area contributed by atoms with Crippen LogP contribution in [0.15, 0.2) is 6.20 Å². The summed E-state index contributed by atoms with van der Waals surface area (Å²) in [4.78, 5) is 14.8. The Balaban J connectivity index is 2.18. The highest BCUT2D eigenvalue weighted by atomic mass is 32.2. The first-order chi connectivity index (χ1) is 9.63. The number of carbonyl (C=O) groups is 1. The lowest BCUT2D eigenvalue weighted by Crippen LogP contribution is -2.28. The Labute approximate surface area is 128 Å². The van der Waals surface area contributed by atoms with Gasteiger partial charge in [0.1, 0.15) is 5.69 Å². The molecule has 1 aromatic rings. The molecule has 5 nitrogen and oxygen atoms in total.